The van der Waals surface area contributed by atoms with Crippen molar-refractivity contribution in [1.82, 2.24) is 5.32 Å². The van der Waals surface area contributed by atoms with E-state index >= 15 is 0 Å². The molecule has 0 unspecified atom stereocenters. The van der Waals surface area contributed by atoms with Gasteiger partial charge in [0.2, 0.25) is 0 Å². The van der Waals surface area contributed by atoms with Crippen molar-refractivity contribution in [2.45, 2.75) is 44.6 Å². The summed E-state index contributed by atoms with van der Waals surface area (Å²) >= 11 is 5.81. The molecule has 0 saturated heterocycles. The van der Waals surface area contributed by atoms with Crippen molar-refractivity contribution < 1.29 is 4.74 Å². The number of unbranched alkanes of at least 4 members (excludes halogenated alkanes) is 3. The highest BCUT2D eigenvalue weighted by molar-refractivity contribution is 6.30. The average molecular weight is 268 g/mol. The fraction of sp³-hybridized carbons (Fsp3) is 0.600. The lowest BCUT2D eigenvalue weighted by Crippen LogP contribution is -2.17. The van der Waals surface area contributed by atoms with Gasteiger partial charge in [0.25, 0.3) is 0 Å². The summed E-state index contributed by atoms with van der Waals surface area (Å²) in [5, 5.41) is 4.29. The molecule has 1 saturated carbocycles. The summed E-state index contributed by atoms with van der Waals surface area (Å²) < 4.78 is 5.64. The van der Waals surface area contributed by atoms with E-state index < -0.39 is 0 Å². The molecular weight excluding hydrogens is 246 g/mol. The normalized spacial score (nSPS) is 14.7. The first-order valence-corrected chi connectivity index (χ1v) is 7.34. The molecule has 1 aromatic rings. The molecule has 18 heavy (non-hydrogen) atoms. The van der Waals surface area contributed by atoms with Gasteiger partial charge in [-0.25, -0.2) is 0 Å². The van der Waals surface area contributed by atoms with Gasteiger partial charge in [-0.3, -0.25) is 0 Å². The number of halogens is 1. The largest absolute Gasteiger partial charge is 0.494 e. The van der Waals surface area contributed by atoms with Gasteiger partial charge in [0.1, 0.15) is 5.75 Å². The number of ether oxygens (including phenoxy) is 1. The molecule has 0 bridgehead atoms. The summed E-state index contributed by atoms with van der Waals surface area (Å²) in [5.41, 5.74) is 0. The van der Waals surface area contributed by atoms with Crippen molar-refractivity contribution in [2.24, 2.45) is 0 Å². The van der Waals surface area contributed by atoms with E-state index in [1.165, 1.54) is 38.6 Å². The third kappa shape index (κ3) is 5.74. The fourth-order valence-electron chi connectivity index (χ4n) is 1.90. The highest BCUT2D eigenvalue weighted by Crippen LogP contribution is 2.18. The first-order valence-electron chi connectivity index (χ1n) is 6.96. The first kappa shape index (κ1) is 13.7. The Morgan fingerprint density at radius 3 is 2.50 bits per heavy atom. The van der Waals surface area contributed by atoms with Crippen LogP contribution in [0, 0.1) is 0 Å². The quantitative estimate of drug-likeness (QED) is 0.682. The lowest BCUT2D eigenvalue weighted by atomic mass is 10.2. The van der Waals surface area contributed by atoms with Gasteiger partial charge in [0.05, 0.1) is 6.61 Å². The minimum atomic E-state index is 0.755. The highest BCUT2D eigenvalue weighted by Gasteiger charge is 2.19. The maximum atomic E-state index is 5.81. The molecule has 0 aliphatic heterocycles. The second-order valence-corrected chi connectivity index (χ2v) is 5.38. The van der Waals surface area contributed by atoms with E-state index in [-0.39, 0.29) is 0 Å². The van der Waals surface area contributed by atoms with Crippen LogP contribution >= 0.6 is 11.6 Å². The lowest BCUT2D eigenvalue weighted by Gasteiger charge is -2.06. The van der Waals surface area contributed by atoms with E-state index in [2.05, 4.69) is 5.32 Å². The molecule has 0 radical (unpaired) electrons. The molecule has 2 rings (SSSR count). The van der Waals surface area contributed by atoms with Gasteiger partial charge in [0.15, 0.2) is 0 Å². The third-order valence-corrected chi connectivity index (χ3v) is 3.42. The smallest absolute Gasteiger partial charge is 0.119 e. The van der Waals surface area contributed by atoms with Gasteiger partial charge in [-0.15, -0.1) is 0 Å². The number of nitrogens with one attached hydrogen (secondary N) is 1. The Labute approximate surface area is 115 Å². The van der Waals surface area contributed by atoms with E-state index in [1.54, 1.807) is 0 Å². The summed E-state index contributed by atoms with van der Waals surface area (Å²) in [6, 6.07) is 8.41. The molecule has 0 aromatic heterocycles. The van der Waals surface area contributed by atoms with E-state index in [4.69, 9.17) is 16.3 Å². The average Bonchev–Trinajstić information content (AvgIpc) is 3.19. The van der Waals surface area contributed by atoms with Crippen LogP contribution in [-0.2, 0) is 0 Å². The SMILES string of the molecule is Clc1ccc(OCCCCCCNC2CC2)cc1. The van der Waals surface area contributed by atoms with E-state index in [1.807, 2.05) is 24.3 Å². The fourth-order valence-corrected chi connectivity index (χ4v) is 2.02. The van der Waals surface area contributed by atoms with Crippen molar-refractivity contribution in [3.05, 3.63) is 29.3 Å². The van der Waals surface area contributed by atoms with Crippen LogP contribution in [0.5, 0.6) is 5.75 Å². The van der Waals surface area contributed by atoms with Gasteiger partial charge < -0.3 is 10.1 Å². The zero-order valence-corrected chi connectivity index (χ0v) is 11.6. The van der Waals surface area contributed by atoms with E-state index in [0.717, 1.165) is 29.8 Å². The molecule has 1 aromatic carbocycles. The van der Waals surface area contributed by atoms with Crippen LogP contribution in [0.25, 0.3) is 0 Å². The maximum absolute atomic E-state index is 5.81. The molecule has 0 amide bonds. The van der Waals surface area contributed by atoms with Crippen molar-refractivity contribution in [1.29, 1.82) is 0 Å². The first-order chi connectivity index (χ1) is 8.84. The third-order valence-electron chi connectivity index (χ3n) is 3.16. The Hall–Kier alpha value is -0.730. The molecule has 0 atom stereocenters. The zero-order valence-electron chi connectivity index (χ0n) is 10.8. The van der Waals surface area contributed by atoms with Crippen LogP contribution in [0.15, 0.2) is 24.3 Å². The summed E-state index contributed by atoms with van der Waals surface area (Å²) in [6.07, 6.45) is 7.73. The minimum Gasteiger partial charge on any atom is -0.494 e. The predicted octanol–water partition coefficient (Wildman–Crippen LogP) is 4.03. The summed E-state index contributed by atoms with van der Waals surface area (Å²) in [4.78, 5) is 0. The monoisotopic (exact) mass is 267 g/mol. The molecule has 1 fully saturated rings. The molecule has 2 nitrogen and oxygen atoms in total. The molecule has 1 aliphatic rings. The molecular formula is C15H22ClNO. The molecule has 3 heteroatoms. The van der Waals surface area contributed by atoms with Crippen molar-refractivity contribution in [2.75, 3.05) is 13.2 Å². The van der Waals surface area contributed by atoms with Crippen LogP contribution in [0.3, 0.4) is 0 Å². The summed E-state index contributed by atoms with van der Waals surface area (Å²) in [5.74, 6) is 0.912. The Kier molecular flexibility index (Phi) is 5.82. The molecule has 0 heterocycles. The topological polar surface area (TPSA) is 21.3 Å². The Morgan fingerprint density at radius 2 is 1.78 bits per heavy atom. The van der Waals surface area contributed by atoms with Gasteiger partial charge in [-0.2, -0.15) is 0 Å². The summed E-state index contributed by atoms with van der Waals surface area (Å²) in [7, 11) is 0. The number of hydrogen-bond acceptors (Lipinski definition) is 2. The minimum absolute atomic E-state index is 0.755. The van der Waals surface area contributed by atoms with Crippen LogP contribution in [0.4, 0.5) is 0 Å². The van der Waals surface area contributed by atoms with Crippen molar-refractivity contribution in [3.8, 4) is 5.75 Å². The standard InChI is InChI=1S/C15H22ClNO/c16-13-5-9-15(10-6-13)18-12-4-2-1-3-11-17-14-7-8-14/h5-6,9-10,14,17H,1-4,7-8,11-12H2. The molecule has 0 spiro atoms. The Bertz CT molecular complexity index is 335. The second kappa shape index (κ2) is 7.65. The van der Waals surface area contributed by atoms with Gasteiger partial charge in [-0.05, 0) is 56.5 Å². The van der Waals surface area contributed by atoms with Crippen LogP contribution in [0.2, 0.25) is 5.02 Å². The lowest BCUT2D eigenvalue weighted by molar-refractivity contribution is 0.304. The highest BCUT2D eigenvalue weighted by atomic mass is 35.5. The van der Waals surface area contributed by atoms with E-state index in [9.17, 15) is 0 Å². The Balaban J connectivity index is 1.42. The van der Waals surface area contributed by atoms with Gasteiger partial charge >= 0.3 is 0 Å². The van der Waals surface area contributed by atoms with Crippen LogP contribution in [-0.4, -0.2) is 19.2 Å². The number of hydrogen-bond donors (Lipinski definition) is 1. The number of rotatable bonds is 9. The zero-order chi connectivity index (χ0) is 12.6. The Morgan fingerprint density at radius 1 is 1.06 bits per heavy atom. The number of benzene rings is 1. The van der Waals surface area contributed by atoms with Crippen molar-refractivity contribution >= 4 is 11.6 Å². The summed E-state index contributed by atoms with van der Waals surface area (Å²) in [6.45, 7) is 1.99. The van der Waals surface area contributed by atoms with Gasteiger partial charge in [-0.1, -0.05) is 24.4 Å². The van der Waals surface area contributed by atoms with Gasteiger partial charge in [0, 0.05) is 11.1 Å². The maximum Gasteiger partial charge on any atom is 0.119 e. The predicted molar refractivity (Wildman–Crippen MR) is 76.4 cm³/mol. The van der Waals surface area contributed by atoms with Crippen LogP contribution < -0.4 is 10.1 Å². The van der Waals surface area contributed by atoms with E-state index in [0.29, 0.717) is 0 Å². The molecule has 100 valence electrons. The molecule has 1 aliphatic carbocycles. The van der Waals surface area contributed by atoms with Crippen molar-refractivity contribution in [3.63, 3.8) is 0 Å². The van der Waals surface area contributed by atoms with Crippen LogP contribution in [0.1, 0.15) is 38.5 Å². The second-order valence-electron chi connectivity index (χ2n) is 4.94. The molecule has 1 N–H and O–H groups in total.